The summed E-state index contributed by atoms with van der Waals surface area (Å²) in [7, 11) is 1.63. The van der Waals surface area contributed by atoms with E-state index in [0.29, 0.717) is 18.8 Å². The standard InChI is InChI=1S/C24H20FN5O2/c1-31-19-9-7-17(8-10-19)24-18(15-30(27-24)23-5-3-2-4-20(23)25)14-26-13-16-6-11-21-22(12-16)29-32-28-21/h2-12,15,26H,13-14H2,1H3. The number of halogens is 1. The van der Waals surface area contributed by atoms with Crippen LogP contribution in [0.25, 0.3) is 28.0 Å². The van der Waals surface area contributed by atoms with E-state index in [2.05, 4.69) is 15.6 Å². The predicted molar refractivity (Wildman–Crippen MR) is 118 cm³/mol. The van der Waals surface area contributed by atoms with Crippen LogP contribution in [0.3, 0.4) is 0 Å². The van der Waals surface area contributed by atoms with Crippen LogP contribution in [0.15, 0.2) is 77.6 Å². The van der Waals surface area contributed by atoms with E-state index in [0.717, 1.165) is 39.2 Å². The summed E-state index contributed by atoms with van der Waals surface area (Å²) in [6, 6.07) is 20.0. The summed E-state index contributed by atoms with van der Waals surface area (Å²) in [5.74, 6) is 0.435. The van der Waals surface area contributed by atoms with E-state index in [1.54, 1.807) is 30.0 Å². The molecular formula is C24H20FN5O2. The van der Waals surface area contributed by atoms with Crippen LogP contribution in [0.5, 0.6) is 5.75 Å². The predicted octanol–water partition coefficient (Wildman–Crippen LogP) is 4.51. The average molecular weight is 429 g/mol. The minimum atomic E-state index is -0.328. The van der Waals surface area contributed by atoms with Gasteiger partial charge < -0.3 is 10.1 Å². The second-order valence-electron chi connectivity index (χ2n) is 7.32. The molecule has 0 radical (unpaired) electrons. The third-order valence-corrected chi connectivity index (χ3v) is 5.22. The Bertz CT molecular complexity index is 1360. The fourth-order valence-corrected chi connectivity index (χ4v) is 3.57. The molecule has 160 valence electrons. The number of hydrogen-bond acceptors (Lipinski definition) is 6. The average Bonchev–Trinajstić information content (AvgIpc) is 3.46. The third-order valence-electron chi connectivity index (χ3n) is 5.22. The first kappa shape index (κ1) is 19.9. The molecule has 0 fully saturated rings. The van der Waals surface area contributed by atoms with Crippen molar-refractivity contribution in [3.63, 3.8) is 0 Å². The zero-order valence-electron chi connectivity index (χ0n) is 17.3. The Morgan fingerprint density at radius 1 is 0.969 bits per heavy atom. The van der Waals surface area contributed by atoms with Crippen molar-refractivity contribution >= 4 is 11.0 Å². The molecule has 2 aromatic heterocycles. The summed E-state index contributed by atoms with van der Waals surface area (Å²) in [5.41, 5.74) is 5.55. The zero-order valence-corrected chi connectivity index (χ0v) is 17.3. The van der Waals surface area contributed by atoms with Gasteiger partial charge in [0.05, 0.1) is 12.8 Å². The van der Waals surface area contributed by atoms with Crippen molar-refractivity contribution in [3.8, 4) is 22.7 Å². The highest BCUT2D eigenvalue weighted by atomic mass is 19.1. The van der Waals surface area contributed by atoms with Gasteiger partial charge in [-0.1, -0.05) is 18.2 Å². The number of para-hydroxylation sites is 1. The van der Waals surface area contributed by atoms with Gasteiger partial charge in [0, 0.05) is 30.4 Å². The molecule has 2 heterocycles. The lowest BCUT2D eigenvalue weighted by Crippen LogP contribution is -2.12. The van der Waals surface area contributed by atoms with Gasteiger partial charge in [0.25, 0.3) is 0 Å². The summed E-state index contributed by atoms with van der Waals surface area (Å²) in [6.45, 7) is 1.17. The molecule has 0 saturated heterocycles. The summed E-state index contributed by atoms with van der Waals surface area (Å²) in [6.07, 6.45) is 1.86. The maximum atomic E-state index is 14.4. The molecule has 0 unspecified atom stereocenters. The van der Waals surface area contributed by atoms with Crippen molar-refractivity contribution in [2.45, 2.75) is 13.1 Å². The highest BCUT2D eigenvalue weighted by molar-refractivity contribution is 5.73. The van der Waals surface area contributed by atoms with E-state index in [1.165, 1.54) is 6.07 Å². The number of nitrogens with zero attached hydrogens (tertiary/aromatic N) is 4. The van der Waals surface area contributed by atoms with Gasteiger partial charge in [0.1, 0.15) is 28.3 Å². The summed E-state index contributed by atoms with van der Waals surface area (Å²) >= 11 is 0. The molecule has 0 bridgehead atoms. The van der Waals surface area contributed by atoms with Crippen molar-refractivity contribution in [1.29, 1.82) is 0 Å². The van der Waals surface area contributed by atoms with Crippen molar-refractivity contribution in [1.82, 2.24) is 25.4 Å². The topological polar surface area (TPSA) is 78.0 Å². The summed E-state index contributed by atoms with van der Waals surface area (Å²) in [5, 5.41) is 15.8. The fourth-order valence-electron chi connectivity index (χ4n) is 3.57. The largest absolute Gasteiger partial charge is 0.497 e. The third kappa shape index (κ3) is 3.95. The Hall–Kier alpha value is -4.04. The number of ether oxygens (including phenoxy) is 1. The molecule has 0 saturated carbocycles. The smallest absolute Gasteiger partial charge is 0.148 e. The molecule has 5 rings (SSSR count). The lowest BCUT2D eigenvalue weighted by Gasteiger charge is -2.06. The molecule has 0 atom stereocenters. The SMILES string of the molecule is COc1ccc(-c2nn(-c3ccccc3F)cc2CNCc2ccc3nonc3c2)cc1. The van der Waals surface area contributed by atoms with Crippen LogP contribution in [0.1, 0.15) is 11.1 Å². The second-order valence-corrected chi connectivity index (χ2v) is 7.32. The lowest BCUT2D eigenvalue weighted by atomic mass is 10.1. The number of nitrogens with one attached hydrogen (secondary N) is 1. The molecule has 0 spiro atoms. The van der Waals surface area contributed by atoms with E-state index in [1.807, 2.05) is 48.7 Å². The van der Waals surface area contributed by atoms with Crippen molar-refractivity contribution in [3.05, 3.63) is 89.9 Å². The van der Waals surface area contributed by atoms with Crippen molar-refractivity contribution < 1.29 is 13.8 Å². The molecule has 1 N–H and O–H groups in total. The van der Waals surface area contributed by atoms with E-state index in [4.69, 9.17) is 14.5 Å². The Labute approximate surface area is 183 Å². The van der Waals surface area contributed by atoms with E-state index in [9.17, 15) is 4.39 Å². The first-order valence-corrected chi connectivity index (χ1v) is 10.1. The van der Waals surface area contributed by atoms with Gasteiger partial charge in [-0.2, -0.15) is 5.10 Å². The number of hydrogen-bond donors (Lipinski definition) is 1. The zero-order chi connectivity index (χ0) is 21.9. The monoisotopic (exact) mass is 429 g/mol. The van der Waals surface area contributed by atoms with Gasteiger partial charge in [-0.3, -0.25) is 0 Å². The number of rotatable bonds is 7. The van der Waals surface area contributed by atoms with Gasteiger partial charge in [0.2, 0.25) is 0 Å². The van der Waals surface area contributed by atoms with Crippen LogP contribution in [0.4, 0.5) is 4.39 Å². The van der Waals surface area contributed by atoms with Crippen LogP contribution < -0.4 is 10.1 Å². The molecule has 0 amide bonds. The van der Waals surface area contributed by atoms with Gasteiger partial charge in [-0.05, 0) is 64.4 Å². The number of benzene rings is 3. The molecule has 3 aromatic carbocycles. The van der Waals surface area contributed by atoms with Crippen LogP contribution in [-0.4, -0.2) is 27.2 Å². The molecular weight excluding hydrogens is 409 g/mol. The molecule has 8 heteroatoms. The minimum Gasteiger partial charge on any atom is -0.497 e. The lowest BCUT2D eigenvalue weighted by molar-refractivity contribution is 0.315. The molecule has 0 aliphatic rings. The second kappa shape index (κ2) is 8.60. The minimum absolute atomic E-state index is 0.328. The van der Waals surface area contributed by atoms with Crippen molar-refractivity contribution in [2.75, 3.05) is 7.11 Å². The first-order chi connectivity index (χ1) is 15.7. The Morgan fingerprint density at radius 3 is 2.59 bits per heavy atom. The highest BCUT2D eigenvalue weighted by Gasteiger charge is 2.14. The van der Waals surface area contributed by atoms with Crippen LogP contribution in [0.2, 0.25) is 0 Å². The van der Waals surface area contributed by atoms with Crippen LogP contribution in [0, 0.1) is 5.82 Å². The number of fused-ring (bicyclic) bond motifs is 1. The summed E-state index contributed by atoms with van der Waals surface area (Å²) < 4.78 is 26.0. The molecule has 32 heavy (non-hydrogen) atoms. The van der Waals surface area contributed by atoms with Crippen LogP contribution >= 0.6 is 0 Å². The maximum Gasteiger partial charge on any atom is 0.148 e. The Balaban J connectivity index is 1.42. The number of aromatic nitrogens is 4. The summed E-state index contributed by atoms with van der Waals surface area (Å²) in [4.78, 5) is 0. The molecule has 5 aromatic rings. The van der Waals surface area contributed by atoms with Gasteiger partial charge in [-0.15, -0.1) is 0 Å². The van der Waals surface area contributed by atoms with Crippen LogP contribution in [-0.2, 0) is 13.1 Å². The highest BCUT2D eigenvalue weighted by Crippen LogP contribution is 2.26. The quantitative estimate of drug-likeness (QED) is 0.410. The van der Waals surface area contributed by atoms with Gasteiger partial charge in [0.15, 0.2) is 0 Å². The molecule has 0 aliphatic carbocycles. The van der Waals surface area contributed by atoms with Gasteiger partial charge in [-0.25, -0.2) is 13.7 Å². The van der Waals surface area contributed by atoms with E-state index in [-0.39, 0.29) is 5.82 Å². The van der Waals surface area contributed by atoms with Gasteiger partial charge >= 0.3 is 0 Å². The number of methoxy groups -OCH3 is 1. The fraction of sp³-hybridized carbons (Fsp3) is 0.125. The maximum absolute atomic E-state index is 14.4. The van der Waals surface area contributed by atoms with E-state index < -0.39 is 0 Å². The van der Waals surface area contributed by atoms with Crippen molar-refractivity contribution in [2.24, 2.45) is 0 Å². The molecule has 0 aliphatic heterocycles. The Kier molecular flexibility index (Phi) is 5.35. The normalized spacial score (nSPS) is 11.2. The Morgan fingerprint density at radius 2 is 1.78 bits per heavy atom. The first-order valence-electron chi connectivity index (χ1n) is 10.1. The van der Waals surface area contributed by atoms with E-state index >= 15 is 0 Å². The molecule has 7 nitrogen and oxygen atoms in total.